The van der Waals surface area contributed by atoms with E-state index in [1.165, 1.54) is 11.2 Å². The van der Waals surface area contributed by atoms with Crippen LogP contribution in [0.25, 0.3) is 0 Å². The van der Waals surface area contributed by atoms with Gasteiger partial charge in [-0.05, 0) is 20.8 Å². The molecule has 13 heavy (non-hydrogen) atoms. The van der Waals surface area contributed by atoms with Gasteiger partial charge < -0.3 is 0 Å². The second-order valence-corrected chi connectivity index (χ2v) is 5.89. The highest BCUT2D eigenvalue weighted by Gasteiger charge is 2.27. The van der Waals surface area contributed by atoms with Crippen molar-refractivity contribution in [3.8, 4) is 0 Å². The number of rotatable bonds is 3. The smallest absolute Gasteiger partial charge is 0.231 e. The SMILES string of the molecule is C=CCN(C(C)=O)S(=O)C(C)(C)C. The minimum absolute atomic E-state index is 0.187. The van der Waals surface area contributed by atoms with Crippen molar-refractivity contribution in [2.24, 2.45) is 0 Å². The molecule has 0 aromatic carbocycles. The molecule has 0 aromatic rings. The van der Waals surface area contributed by atoms with Crippen LogP contribution >= 0.6 is 0 Å². The first-order valence-corrected chi connectivity index (χ1v) is 5.22. The fourth-order valence-electron chi connectivity index (χ4n) is 0.761. The molecule has 0 radical (unpaired) electrons. The normalized spacial score (nSPS) is 13.5. The fourth-order valence-corrected chi connectivity index (χ4v) is 1.90. The molecule has 0 aliphatic carbocycles. The molecule has 0 N–H and O–H groups in total. The number of carbonyl (C=O) groups excluding carboxylic acids is 1. The highest BCUT2D eigenvalue weighted by atomic mass is 32.2. The van der Waals surface area contributed by atoms with Crippen LogP contribution in [-0.2, 0) is 15.8 Å². The molecular weight excluding hydrogens is 186 g/mol. The second-order valence-electron chi connectivity index (χ2n) is 3.73. The maximum absolute atomic E-state index is 11.8. The molecule has 1 amide bonds. The number of carbonyl (C=O) groups is 1. The Labute approximate surface area is 82.4 Å². The van der Waals surface area contributed by atoms with Gasteiger partial charge in [-0.15, -0.1) is 6.58 Å². The van der Waals surface area contributed by atoms with E-state index in [-0.39, 0.29) is 5.91 Å². The summed E-state index contributed by atoms with van der Waals surface area (Å²) in [5, 5.41) is 0. The van der Waals surface area contributed by atoms with Crippen LogP contribution in [0.15, 0.2) is 12.7 Å². The van der Waals surface area contributed by atoms with E-state index >= 15 is 0 Å². The summed E-state index contributed by atoms with van der Waals surface area (Å²) in [5.74, 6) is -0.187. The zero-order valence-electron chi connectivity index (χ0n) is 8.66. The molecule has 0 aromatic heterocycles. The van der Waals surface area contributed by atoms with Crippen LogP contribution in [0, 0.1) is 0 Å². The Balaban J connectivity index is 4.66. The van der Waals surface area contributed by atoms with E-state index in [1.54, 1.807) is 6.08 Å². The third-order valence-electron chi connectivity index (χ3n) is 1.37. The second kappa shape index (κ2) is 4.56. The van der Waals surface area contributed by atoms with Gasteiger partial charge in [0.2, 0.25) is 5.91 Å². The van der Waals surface area contributed by atoms with Crippen molar-refractivity contribution >= 4 is 16.9 Å². The van der Waals surface area contributed by atoms with E-state index in [0.717, 1.165) is 0 Å². The van der Waals surface area contributed by atoms with E-state index in [2.05, 4.69) is 6.58 Å². The topological polar surface area (TPSA) is 37.4 Å². The first-order chi connectivity index (χ1) is 5.80. The molecule has 0 bridgehead atoms. The molecule has 0 spiro atoms. The van der Waals surface area contributed by atoms with E-state index in [0.29, 0.717) is 6.54 Å². The van der Waals surface area contributed by atoms with E-state index in [1.807, 2.05) is 20.8 Å². The molecule has 3 nitrogen and oxygen atoms in total. The third kappa shape index (κ3) is 3.72. The highest BCUT2D eigenvalue weighted by Crippen LogP contribution is 2.15. The lowest BCUT2D eigenvalue weighted by atomic mass is 10.3. The highest BCUT2D eigenvalue weighted by molar-refractivity contribution is 7.84. The molecule has 0 heterocycles. The zero-order valence-corrected chi connectivity index (χ0v) is 9.48. The van der Waals surface area contributed by atoms with Gasteiger partial charge in [-0.25, -0.2) is 4.21 Å². The van der Waals surface area contributed by atoms with Crippen LogP contribution < -0.4 is 0 Å². The maximum Gasteiger partial charge on any atom is 0.231 e. The molecule has 1 atom stereocenters. The fraction of sp³-hybridized carbons (Fsp3) is 0.667. The van der Waals surface area contributed by atoms with Crippen molar-refractivity contribution in [1.82, 2.24) is 4.31 Å². The molecule has 76 valence electrons. The molecular formula is C9H17NO2S. The largest absolute Gasteiger partial charge is 0.274 e. The molecule has 0 aliphatic heterocycles. The number of nitrogens with zero attached hydrogens (tertiary/aromatic N) is 1. The molecule has 0 fully saturated rings. The number of amides is 1. The van der Waals surface area contributed by atoms with Crippen LogP contribution in [0.3, 0.4) is 0 Å². The van der Waals surface area contributed by atoms with Crippen molar-refractivity contribution in [3.05, 3.63) is 12.7 Å². The summed E-state index contributed by atoms with van der Waals surface area (Å²) in [6, 6.07) is 0. The quantitative estimate of drug-likeness (QED) is 0.652. The molecule has 0 rings (SSSR count). The van der Waals surface area contributed by atoms with Crippen LogP contribution in [-0.4, -0.2) is 25.7 Å². The van der Waals surface area contributed by atoms with Gasteiger partial charge in [0.05, 0.1) is 11.3 Å². The van der Waals surface area contributed by atoms with E-state index in [4.69, 9.17) is 0 Å². The molecule has 0 saturated carbocycles. The lowest BCUT2D eigenvalue weighted by molar-refractivity contribution is -0.123. The summed E-state index contributed by atoms with van der Waals surface area (Å²) < 4.78 is 12.7. The third-order valence-corrected chi connectivity index (χ3v) is 3.22. The lowest BCUT2D eigenvalue weighted by Crippen LogP contribution is -2.40. The van der Waals surface area contributed by atoms with E-state index < -0.39 is 15.7 Å². The predicted octanol–water partition coefficient (Wildman–Crippen LogP) is 1.48. The first-order valence-electron chi connectivity index (χ1n) is 4.11. The van der Waals surface area contributed by atoms with Crippen molar-refractivity contribution in [1.29, 1.82) is 0 Å². The van der Waals surface area contributed by atoms with Crippen LogP contribution in [0.2, 0.25) is 0 Å². The number of hydrogen-bond donors (Lipinski definition) is 0. The van der Waals surface area contributed by atoms with Gasteiger partial charge in [-0.1, -0.05) is 6.08 Å². The van der Waals surface area contributed by atoms with Crippen LogP contribution in [0.5, 0.6) is 0 Å². The average molecular weight is 203 g/mol. The Kier molecular flexibility index (Phi) is 4.33. The summed E-state index contributed by atoms with van der Waals surface area (Å²) in [5.41, 5.74) is 0. The van der Waals surface area contributed by atoms with Gasteiger partial charge in [0.25, 0.3) is 0 Å². The molecule has 0 aliphatic rings. The minimum Gasteiger partial charge on any atom is -0.274 e. The summed E-state index contributed by atoms with van der Waals surface area (Å²) in [4.78, 5) is 11.1. The Morgan fingerprint density at radius 3 is 2.23 bits per heavy atom. The Bertz CT molecular complexity index is 230. The Morgan fingerprint density at radius 2 is 2.00 bits per heavy atom. The lowest BCUT2D eigenvalue weighted by Gasteiger charge is -2.26. The predicted molar refractivity (Wildman–Crippen MR) is 55.5 cm³/mol. The van der Waals surface area contributed by atoms with Gasteiger partial charge in [0.15, 0.2) is 0 Å². The van der Waals surface area contributed by atoms with Crippen molar-refractivity contribution in [2.45, 2.75) is 32.4 Å². The van der Waals surface area contributed by atoms with Gasteiger partial charge in [-0.3, -0.25) is 9.10 Å². The summed E-state index contributed by atoms with van der Waals surface area (Å²) in [7, 11) is -1.29. The van der Waals surface area contributed by atoms with Gasteiger partial charge in [-0.2, -0.15) is 0 Å². The minimum atomic E-state index is -1.29. The molecule has 0 saturated heterocycles. The van der Waals surface area contributed by atoms with Crippen molar-refractivity contribution < 1.29 is 9.00 Å². The maximum atomic E-state index is 11.8. The van der Waals surface area contributed by atoms with Gasteiger partial charge in [0, 0.05) is 6.92 Å². The van der Waals surface area contributed by atoms with Crippen LogP contribution in [0.4, 0.5) is 0 Å². The average Bonchev–Trinajstić information content (AvgIpc) is 1.96. The zero-order chi connectivity index (χ0) is 10.6. The Hall–Kier alpha value is -0.640. The molecule has 4 heteroatoms. The van der Waals surface area contributed by atoms with Gasteiger partial charge >= 0.3 is 0 Å². The standard InChI is InChI=1S/C9H17NO2S/c1-6-7-10(8(2)11)13(12)9(3,4)5/h6H,1,7H2,2-5H3. The molecule has 1 unspecified atom stereocenters. The summed E-state index contributed by atoms with van der Waals surface area (Å²) in [6.07, 6.45) is 1.57. The van der Waals surface area contributed by atoms with E-state index in [9.17, 15) is 9.00 Å². The monoisotopic (exact) mass is 203 g/mol. The Morgan fingerprint density at radius 1 is 1.54 bits per heavy atom. The van der Waals surface area contributed by atoms with Crippen molar-refractivity contribution in [3.63, 3.8) is 0 Å². The first kappa shape index (κ1) is 12.4. The van der Waals surface area contributed by atoms with Gasteiger partial charge in [0.1, 0.15) is 11.0 Å². The summed E-state index contributed by atoms with van der Waals surface area (Å²) in [6.45, 7) is 10.8. The summed E-state index contributed by atoms with van der Waals surface area (Å²) >= 11 is 0. The van der Waals surface area contributed by atoms with Crippen molar-refractivity contribution in [2.75, 3.05) is 6.54 Å². The number of hydrogen-bond acceptors (Lipinski definition) is 2. The van der Waals surface area contributed by atoms with Crippen LogP contribution in [0.1, 0.15) is 27.7 Å².